The third kappa shape index (κ3) is 4.79. The van der Waals surface area contributed by atoms with Crippen LogP contribution in [0.5, 0.6) is 0 Å². The third-order valence-corrected chi connectivity index (χ3v) is 17.1. The van der Waals surface area contributed by atoms with E-state index in [4.69, 9.17) is 0 Å². The molecule has 3 heterocycles. The average molecular weight is 817 g/mol. The molecule has 0 aliphatic heterocycles. The van der Waals surface area contributed by atoms with Crippen molar-refractivity contribution in [3.05, 3.63) is 136 Å². The molecule has 6 aliphatic carbocycles. The minimum absolute atomic E-state index is 0.0478. The molecule has 9 heteroatoms. The van der Waals surface area contributed by atoms with Crippen LogP contribution < -0.4 is 0 Å². The fourth-order valence-electron chi connectivity index (χ4n) is 11.3. The van der Waals surface area contributed by atoms with Crippen LogP contribution in [0.1, 0.15) is 127 Å². The zero-order chi connectivity index (χ0) is 40.2. The lowest BCUT2D eigenvalue weighted by molar-refractivity contribution is 0.103. The van der Waals surface area contributed by atoms with E-state index >= 15 is 0 Å². The predicted octanol–water partition coefficient (Wildman–Crippen LogP) is 12.5. The molecule has 0 amide bonds. The van der Waals surface area contributed by atoms with Crippen molar-refractivity contribution in [3.63, 3.8) is 0 Å². The number of nitriles is 4. The molecule has 2 saturated carbocycles. The highest BCUT2D eigenvalue weighted by atomic mass is 32.1. The Morgan fingerprint density at radius 3 is 1.56 bits per heavy atom. The second-order valence-electron chi connectivity index (χ2n) is 16.4. The smallest absolute Gasteiger partial charge is 0.194 e. The van der Waals surface area contributed by atoms with E-state index < -0.39 is 0 Å². The van der Waals surface area contributed by atoms with Crippen molar-refractivity contribution in [2.24, 2.45) is 0 Å². The number of hydrogen-bond acceptors (Lipinski definition) is 9. The summed E-state index contributed by atoms with van der Waals surface area (Å²) in [7, 11) is 0. The number of thiophene rings is 3. The normalized spacial score (nSPS) is 20.4. The van der Waals surface area contributed by atoms with Crippen molar-refractivity contribution in [2.45, 2.75) is 75.0 Å². The number of Topliss-reactive ketones (excluding diaryl/α,β-unsaturated/α-hetero) is 2. The molecule has 0 saturated heterocycles. The van der Waals surface area contributed by atoms with Gasteiger partial charge in [0.15, 0.2) is 11.6 Å². The highest BCUT2D eigenvalue weighted by molar-refractivity contribution is 7.29. The first-order chi connectivity index (χ1) is 28.9. The van der Waals surface area contributed by atoms with E-state index in [1.165, 1.54) is 54.3 Å². The minimum Gasteiger partial charge on any atom is -0.289 e. The van der Waals surface area contributed by atoms with Gasteiger partial charge in [-0.3, -0.25) is 9.59 Å². The van der Waals surface area contributed by atoms with Crippen LogP contribution in [0.15, 0.2) is 83.0 Å². The van der Waals surface area contributed by atoms with Gasteiger partial charge in [-0.05, 0) is 83.4 Å². The fourth-order valence-corrected chi connectivity index (χ4v) is 15.6. The van der Waals surface area contributed by atoms with Gasteiger partial charge in [0.05, 0.1) is 4.70 Å². The molecule has 0 unspecified atom stereocenters. The number of rotatable bonds is 2. The SMILES string of the molecule is N#CC(C#N)=C1/C(=C/c2cc3c(s2)C2=C(c4sc5cc(/C=C6/C(=O)c7ccccc7C6=C(C#N)C#N)sc5c4C24CCCCC4)C32CCCCC2)C(=O)c2ccccc21. The van der Waals surface area contributed by atoms with Crippen LogP contribution in [0.25, 0.3) is 43.8 Å². The van der Waals surface area contributed by atoms with E-state index in [0.29, 0.717) is 44.5 Å². The number of benzene rings is 2. The van der Waals surface area contributed by atoms with Gasteiger partial charge in [0, 0.05) is 68.5 Å². The predicted molar refractivity (Wildman–Crippen MR) is 234 cm³/mol. The molecule has 3 aromatic heterocycles. The van der Waals surface area contributed by atoms with Crippen LogP contribution in [-0.2, 0) is 10.8 Å². The quantitative estimate of drug-likeness (QED) is 0.129. The molecular formula is C50H32N4O2S3. The lowest BCUT2D eigenvalue weighted by atomic mass is 9.67. The molecule has 6 nitrogen and oxygen atoms in total. The molecule has 2 aromatic carbocycles. The standard InChI is InChI=1S/C50H32N4O2S3/c51-23-27(24-52)39-31-11-3-5-13-33(31)44(55)35(39)19-29-21-37-46(57-29)41-42(49(37)15-7-1-8-16-49)48-43(50(41)17-9-2-10-18-50)47-38(59-48)22-30(58-47)20-36-40(28(25-53)26-54)32-12-4-6-14-34(32)45(36)56/h3-6,11-14,19-22H,1-2,7-10,15-18H2/b35-19-,36-20+. The van der Waals surface area contributed by atoms with E-state index in [0.717, 1.165) is 61.1 Å². The maximum atomic E-state index is 14.0. The lowest BCUT2D eigenvalue weighted by Gasteiger charge is -2.37. The Kier molecular flexibility index (Phi) is 8.01. The maximum absolute atomic E-state index is 14.0. The Bertz CT molecular complexity index is 3120. The number of hydrogen-bond donors (Lipinski definition) is 0. The van der Waals surface area contributed by atoms with Crippen molar-refractivity contribution >= 4 is 89.4 Å². The molecule has 6 aliphatic rings. The zero-order valence-electron chi connectivity index (χ0n) is 31.8. The first-order valence-electron chi connectivity index (χ1n) is 20.2. The number of carbonyl (C=O) groups is 2. The molecule has 2 spiro atoms. The van der Waals surface area contributed by atoms with E-state index in [-0.39, 0.29) is 33.5 Å². The maximum Gasteiger partial charge on any atom is 0.194 e. The number of carbonyl (C=O) groups excluding carboxylic acids is 2. The van der Waals surface area contributed by atoms with Crippen LogP contribution in [0, 0.1) is 45.3 Å². The second kappa shape index (κ2) is 13.2. The van der Waals surface area contributed by atoms with Crippen LogP contribution in [0.2, 0.25) is 0 Å². The first-order valence-corrected chi connectivity index (χ1v) is 22.6. The van der Waals surface area contributed by atoms with E-state index in [9.17, 15) is 30.6 Å². The minimum atomic E-state index is -0.164. The Balaban J connectivity index is 1.08. The number of allylic oxidation sites excluding steroid dienone is 8. The summed E-state index contributed by atoms with van der Waals surface area (Å²) in [6, 6.07) is 27.3. The first kappa shape index (κ1) is 35.9. The molecule has 0 radical (unpaired) electrons. The van der Waals surface area contributed by atoms with Gasteiger partial charge in [0.1, 0.15) is 35.4 Å². The Hall–Kier alpha value is -6.20. The summed E-state index contributed by atoms with van der Waals surface area (Å²) in [4.78, 5) is 32.5. The Morgan fingerprint density at radius 2 is 1.03 bits per heavy atom. The van der Waals surface area contributed by atoms with Gasteiger partial charge in [0.2, 0.25) is 0 Å². The molecule has 0 N–H and O–H groups in total. The van der Waals surface area contributed by atoms with E-state index in [1.54, 1.807) is 34.8 Å². The van der Waals surface area contributed by atoms with Gasteiger partial charge in [-0.15, -0.1) is 34.0 Å². The second-order valence-corrected chi connectivity index (χ2v) is 19.6. The summed E-state index contributed by atoms with van der Waals surface area (Å²) in [6.45, 7) is 0. The van der Waals surface area contributed by atoms with Gasteiger partial charge in [-0.2, -0.15) is 21.0 Å². The van der Waals surface area contributed by atoms with E-state index in [2.05, 4.69) is 24.3 Å². The van der Waals surface area contributed by atoms with Crippen molar-refractivity contribution in [3.8, 4) is 24.3 Å². The topological polar surface area (TPSA) is 129 Å². The van der Waals surface area contributed by atoms with Crippen LogP contribution in [-0.4, -0.2) is 11.6 Å². The molecule has 5 aromatic rings. The highest BCUT2D eigenvalue weighted by Crippen LogP contribution is 2.73. The van der Waals surface area contributed by atoms with Crippen LogP contribution in [0.4, 0.5) is 0 Å². The summed E-state index contributed by atoms with van der Waals surface area (Å²) < 4.78 is 2.49. The molecule has 0 atom stereocenters. The van der Waals surface area contributed by atoms with Crippen molar-refractivity contribution in [2.75, 3.05) is 0 Å². The summed E-state index contributed by atoms with van der Waals surface area (Å²) in [5.74, 6) is -0.318. The van der Waals surface area contributed by atoms with Gasteiger partial charge in [-0.25, -0.2) is 0 Å². The van der Waals surface area contributed by atoms with Gasteiger partial charge in [0.25, 0.3) is 0 Å². The van der Waals surface area contributed by atoms with Gasteiger partial charge < -0.3 is 0 Å². The van der Waals surface area contributed by atoms with Crippen molar-refractivity contribution < 1.29 is 9.59 Å². The zero-order valence-corrected chi connectivity index (χ0v) is 34.3. The Morgan fingerprint density at radius 1 is 0.559 bits per heavy atom. The monoisotopic (exact) mass is 816 g/mol. The Labute approximate surface area is 353 Å². The highest BCUT2D eigenvalue weighted by Gasteiger charge is 2.59. The lowest BCUT2D eigenvalue weighted by Crippen LogP contribution is -2.28. The van der Waals surface area contributed by atoms with Crippen LogP contribution in [0.3, 0.4) is 0 Å². The summed E-state index contributed by atoms with van der Waals surface area (Å²) in [5.41, 5.74) is 9.44. The molecular weight excluding hydrogens is 785 g/mol. The molecule has 2 fully saturated rings. The number of fused-ring (bicyclic) bond motifs is 12. The summed E-state index contributed by atoms with van der Waals surface area (Å²) in [6.07, 6.45) is 15.1. The molecule has 59 heavy (non-hydrogen) atoms. The van der Waals surface area contributed by atoms with Crippen molar-refractivity contribution in [1.29, 1.82) is 21.0 Å². The number of ketones is 2. The molecule has 0 bridgehead atoms. The molecule has 282 valence electrons. The van der Waals surface area contributed by atoms with Crippen LogP contribution >= 0.6 is 34.0 Å². The van der Waals surface area contributed by atoms with Gasteiger partial charge >= 0.3 is 0 Å². The van der Waals surface area contributed by atoms with E-state index in [1.807, 2.05) is 72.0 Å². The largest absolute Gasteiger partial charge is 0.289 e. The molecule has 11 rings (SSSR count). The fraction of sp³-hybridized carbons (Fsp3) is 0.240. The van der Waals surface area contributed by atoms with Gasteiger partial charge in [-0.1, -0.05) is 87.1 Å². The average Bonchev–Trinajstić information content (AvgIpc) is 4.12. The summed E-state index contributed by atoms with van der Waals surface area (Å²) >= 11 is 5.38. The summed E-state index contributed by atoms with van der Waals surface area (Å²) in [5, 5.41) is 39.8. The van der Waals surface area contributed by atoms with Crippen molar-refractivity contribution in [1.82, 2.24) is 0 Å². The third-order valence-electron chi connectivity index (χ3n) is 13.6. The number of nitrogens with zero attached hydrogens (tertiary/aromatic N) is 4.